The number of rotatable bonds is 4. The molecule has 2 saturated carbocycles. The van der Waals surface area contributed by atoms with Gasteiger partial charge in [-0.1, -0.05) is 33.6 Å². The van der Waals surface area contributed by atoms with Crippen molar-refractivity contribution in [1.82, 2.24) is 5.32 Å². The van der Waals surface area contributed by atoms with Gasteiger partial charge in [0.1, 0.15) is 0 Å². The first-order valence-corrected chi connectivity index (χ1v) is 7.33. The molecular formula is C15H29NO. The van der Waals surface area contributed by atoms with Crippen LogP contribution in [0.3, 0.4) is 0 Å². The summed E-state index contributed by atoms with van der Waals surface area (Å²) < 4.78 is 6.17. The quantitative estimate of drug-likeness (QED) is 0.813. The topological polar surface area (TPSA) is 21.3 Å². The van der Waals surface area contributed by atoms with Gasteiger partial charge in [0.2, 0.25) is 0 Å². The Morgan fingerprint density at radius 2 is 2.00 bits per heavy atom. The fraction of sp³-hybridized carbons (Fsp3) is 1.00. The van der Waals surface area contributed by atoms with Crippen LogP contribution in [0.15, 0.2) is 0 Å². The Hall–Kier alpha value is -0.0800. The van der Waals surface area contributed by atoms with Gasteiger partial charge in [0, 0.05) is 18.1 Å². The summed E-state index contributed by atoms with van der Waals surface area (Å²) in [4.78, 5) is 0. The molecule has 1 N–H and O–H groups in total. The second-order valence-electron chi connectivity index (χ2n) is 6.86. The smallest absolute Gasteiger partial charge is 0.0656 e. The van der Waals surface area contributed by atoms with Crippen molar-refractivity contribution in [2.24, 2.45) is 17.3 Å². The molecule has 2 aliphatic carbocycles. The van der Waals surface area contributed by atoms with E-state index in [1.807, 2.05) is 0 Å². The molecule has 2 aliphatic rings. The molecule has 2 nitrogen and oxygen atoms in total. The van der Waals surface area contributed by atoms with Crippen molar-refractivity contribution >= 4 is 0 Å². The molecule has 0 aromatic heterocycles. The van der Waals surface area contributed by atoms with Gasteiger partial charge in [-0.05, 0) is 38.1 Å². The summed E-state index contributed by atoms with van der Waals surface area (Å²) in [7, 11) is 2.06. The highest BCUT2D eigenvalue weighted by atomic mass is 16.5. The van der Waals surface area contributed by atoms with Gasteiger partial charge in [0.05, 0.1) is 6.10 Å². The third-order valence-electron chi connectivity index (χ3n) is 5.10. The Bertz CT molecular complexity index is 251. The molecule has 4 unspecified atom stereocenters. The van der Waals surface area contributed by atoms with Gasteiger partial charge in [-0.15, -0.1) is 0 Å². The molecule has 0 heterocycles. The molecule has 0 aromatic carbocycles. The average molecular weight is 239 g/mol. The van der Waals surface area contributed by atoms with Crippen LogP contribution < -0.4 is 5.32 Å². The summed E-state index contributed by atoms with van der Waals surface area (Å²) >= 11 is 0. The highest BCUT2D eigenvalue weighted by Crippen LogP contribution is 2.43. The molecule has 0 radical (unpaired) electrons. The van der Waals surface area contributed by atoms with E-state index in [1.54, 1.807) is 0 Å². The molecule has 17 heavy (non-hydrogen) atoms. The van der Waals surface area contributed by atoms with Crippen molar-refractivity contribution < 1.29 is 4.74 Å². The molecule has 2 fully saturated rings. The number of hydrogen-bond acceptors (Lipinski definition) is 2. The van der Waals surface area contributed by atoms with Gasteiger partial charge >= 0.3 is 0 Å². The van der Waals surface area contributed by atoms with Crippen molar-refractivity contribution in [3.63, 3.8) is 0 Å². The Balaban J connectivity index is 1.72. The van der Waals surface area contributed by atoms with E-state index in [-0.39, 0.29) is 0 Å². The minimum Gasteiger partial charge on any atom is -0.377 e. The minimum absolute atomic E-state index is 0.315. The first-order valence-electron chi connectivity index (χ1n) is 7.33. The summed E-state index contributed by atoms with van der Waals surface area (Å²) in [6.45, 7) is 8.03. The zero-order chi connectivity index (χ0) is 12.5. The lowest BCUT2D eigenvalue weighted by Crippen LogP contribution is -2.60. The molecule has 0 spiro atoms. The number of ether oxygens (including phenoxy) is 1. The number of nitrogens with one attached hydrogen (secondary N) is 1. The maximum absolute atomic E-state index is 6.17. The standard InChI is InChI=1S/C15H29NO/c1-11-6-5-7-12(8-11)10-17-14-9-13(16-4)15(14,2)3/h11-14,16H,5-10H2,1-4H3. The van der Waals surface area contributed by atoms with Crippen molar-refractivity contribution in [3.05, 3.63) is 0 Å². The maximum atomic E-state index is 6.17. The lowest BCUT2D eigenvalue weighted by Gasteiger charge is -2.52. The van der Waals surface area contributed by atoms with E-state index in [0.29, 0.717) is 17.6 Å². The molecule has 2 heteroatoms. The normalized spacial score (nSPS) is 40.9. The highest BCUT2D eigenvalue weighted by molar-refractivity contribution is 5.02. The third-order valence-corrected chi connectivity index (χ3v) is 5.10. The van der Waals surface area contributed by atoms with Crippen LogP contribution in [0.2, 0.25) is 0 Å². The molecule has 2 rings (SSSR count). The first kappa shape index (κ1) is 13.4. The van der Waals surface area contributed by atoms with E-state index >= 15 is 0 Å². The molecular weight excluding hydrogens is 210 g/mol. The number of hydrogen-bond donors (Lipinski definition) is 1. The predicted molar refractivity (Wildman–Crippen MR) is 72.1 cm³/mol. The molecule has 4 atom stereocenters. The van der Waals surface area contributed by atoms with Crippen LogP contribution >= 0.6 is 0 Å². The summed E-state index contributed by atoms with van der Waals surface area (Å²) in [6.07, 6.45) is 7.24. The van der Waals surface area contributed by atoms with Crippen LogP contribution in [0.4, 0.5) is 0 Å². The van der Waals surface area contributed by atoms with Crippen LogP contribution in [0, 0.1) is 17.3 Å². The van der Waals surface area contributed by atoms with Crippen LogP contribution in [0.25, 0.3) is 0 Å². The molecule has 0 amide bonds. The second-order valence-corrected chi connectivity index (χ2v) is 6.86. The van der Waals surface area contributed by atoms with E-state index < -0.39 is 0 Å². The first-order chi connectivity index (χ1) is 8.04. The maximum Gasteiger partial charge on any atom is 0.0656 e. The van der Waals surface area contributed by atoms with Crippen molar-refractivity contribution in [1.29, 1.82) is 0 Å². The van der Waals surface area contributed by atoms with E-state index in [4.69, 9.17) is 4.74 Å². The van der Waals surface area contributed by atoms with E-state index in [1.165, 1.54) is 32.1 Å². The summed E-state index contributed by atoms with van der Waals surface area (Å²) in [5.74, 6) is 1.74. The Morgan fingerprint density at radius 3 is 2.59 bits per heavy atom. The van der Waals surface area contributed by atoms with Crippen molar-refractivity contribution in [3.8, 4) is 0 Å². The van der Waals surface area contributed by atoms with E-state index in [2.05, 4.69) is 33.1 Å². The molecule has 0 saturated heterocycles. The Morgan fingerprint density at radius 1 is 1.24 bits per heavy atom. The average Bonchev–Trinajstić information content (AvgIpc) is 2.28. The zero-order valence-electron chi connectivity index (χ0n) is 12.0. The zero-order valence-corrected chi connectivity index (χ0v) is 12.0. The predicted octanol–water partition coefficient (Wildman–Crippen LogP) is 3.22. The minimum atomic E-state index is 0.315. The van der Waals surface area contributed by atoms with Crippen LogP contribution in [0.5, 0.6) is 0 Å². The van der Waals surface area contributed by atoms with Gasteiger partial charge in [-0.25, -0.2) is 0 Å². The highest BCUT2D eigenvalue weighted by Gasteiger charge is 2.48. The largest absolute Gasteiger partial charge is 0.377 e. The van der Waals surface area contributed by atoms with E-state index in [9.17, 15) is 0 Å². The molecule has 0 aliphatic heterocycles. The van der Waals surface area contributed by atoms with Gasteiger partial charge in [-0.3, -0.25) is 0 Å². The fourth-order valence-electron chi connectivity index (χ4n) is 3.62. The summed E-state index contributed by atoms with van der Waals surface area (Å²) in [6, 6.07) is 0.637. The fourth-order valence-corrected chi connectivity index (χ4v) is 3.62. The van der Waals surface area contributed by atoms with Crippen molar-refractivity contribution in [2.75, 3.05) is 13.7 Å². The lowest BCUT2D eigenvalue weighted by atomic mass is 9.64. The summed E-state index contributed by atoms with van der Waals surface area (Å²) in [5, 5.41) is 3.39. The molecule has 0 bridgehead atoms. The van der Waals surface area contributed by atoms with Gasteiger partial charge in [0.15, 0.2) is 0 Å². The van der Waals surface area contributed by atoms with Crippen molar-refractivity contribution in [2.45, 2.75) is 65.0 Å². The van der Waals surface area contributed by atoms with Gasteiger partial charge in [0.25, 0.3) is 0 Å². The Kier molecular flexibility index (Phi) is 4.14. The van der Waals surface area contributed by atoms with Crippen LogP contribution in [-0.4, -0.2) is 25.8 Å². The van der Waals surface area contributed by atoms with Crippen LogP contribution in [0.1, 0.15) is 52.9 Å². The monoisotopic (exact) mass is 239 g/mol. The van der Waals surface area contributed by atoms with Crippen LogP contribution in [-0.2, 0) is 4.74 Å². The molecule has 0 aromatic rings. The van der Waals surface area contributed by atoms with Gasteiger partial charge in [-0.2, -0.15) is 0 Å². The second kappa shape index (κ2) is 5.27. The Labute approximate surface area is 107 Å². The summed E-state index contributed by atoms with van der Waals surface area (Å²) in [5.41, 5.74) is 0.315. The molecule has 100 valence electrons. The van der Waals surface area contributed by atoms with E-state index in [0.717, 1.165) is 18.4 Å². The lowest BCUT2D eigenvalue weighted by molar-refractivity contribution is -0.127. The SMILES string of the molecule is CNC1CC(OCC2CCCC(C)C2)C1(C)C. The van der Waals surface area contributed by atoms with Gasteiger partial charge < -0.3 is 10.1 Å². The third kappa shape index (κ3) is 2.85.